The average molecular weight is 349 g/mol. The molecule has 6 nitrogen and oxygen atoms in total. The number of aromatic nitrogens is 3. The molecule has 0 spiro atoms. The summed E-state index contributed by atoms with van der Waals surface area (Å²) in [5.74, 6) is 2.72. The molecule has 0 radical (unpaired) electrons. The molecule has 0 saturated carbocycles. The highest BCUT2D eigenvalue weighted by atomic mass is 16.3. The Hall–Kier alpha value is -2.73. The van der Waals surface area contributed by atoms with Crippen LogP contribution in [0.15, 0.2) is 47.3 Å². The van der Waals surface area contributed by atoms with Crippen molar-refractivity contribution in [3.8, 4) is 11.4 Å². The van der Waals surface area contributed by atoms with Gasteiger partial charge in [-0.15, -0.1) is 0 Å². The van der Waals surface area contributed by atoms with E-state index in [9.17, 15) is 0 Å². The van der Waals surface area contributed by atoms with E-state index in [0.717, 1.165) is 61.0 Å². The van der Waals surface area contributed by atoms with Crippen LogP contribution in [0.25, 0.3) is 11.4 Å². The van der Waals surface area contributed by atoms with Crippen LogP contribution in [0.5, 0.6) is 0 Å². The number of furan rings is 1. The number of fused-ring (bicyclic) bond motifs is 1. The molecule has 1 aliphatic rings. The fourth-order valence-corrected chi connectivity index (χ4v) is 3.23. The molecule has 0 unspecified atom stereocenters. The summed E-state index contributed by atoms with van der Waals surface area (Å²) in [5.41, 5.74) is 3.30. The molecule has 1 atom stereocenters. The minimum atomic E-state index is 0.291. The van der Waals surface area contributed by atoms with Crippen molar-refractivity contribution in [3.63, 3.8) is 0 Å². The van der Waals surface area contributed by atoms with Crippen LogP contribution in [0.2, 0.25) is 0 Å². The number of aryl methyl sites for hydroxylation is 1. The molecule has 26 heavy (non-hydrogen) atoms. The van der Waals surface area contributed by atoms with Crippen molar-refractivity contribution in [3.05, 3.63) is 59.9 Å². The van der Waals surface area contributed by atoms with Gasteiger partial charge in [-0.2, -0.15) is 0 Å². The molecule has 0 aromatic carbocycles. The molecule has 1 aliphatic heterocycles. The fraction of sp³-hybridized carbons (Fsp3) is 0.350. The van der Waals surface area contributed by atoms with Gasteiger partial charge >= 0.3 is 0 Å². The Kier molecular flexibility index (Phi) is 4.93. The molecule has 4 rings (SSSR count). The normalized spacial score (nSPS) is 14.7. The summed E-state index contributed by atoms with van der Waals surface area (Å²) in [6.07, 6.45) is 8.11. The Morgan fingerprint density at radius 3 is 2.92 bits per heavy atom. The van der Waals surface area contributed by atoms with Crippen molar-refractivity contribution in [1.82, 2.24) is 20.3 Å². The zero-order valence-electron chi connectivity index (χ0n) is 14.9. The van der Waals surface area contributed by atoms with Gasteiger partial charge in [0.1, 0.15) is 11.6 Å². The van der Waals surface area contributed by atoms with E-state index in [1.807, 2.05) is 24.3 Å². The van der Waals surface area contributed by atoms with Crippen LogP contribution in [-0.2, 0) is 19.4 Å². The number of nitrogens with zero attached hydrogens (tertiary/aromatic N) is 3. The summed E-state index contributed by atoms with van der Waals surface area (Å²) in [7, 11) is 0. The Morgan fingerprint density at radius 2 is 2.12 bits per heavy atom. The number of pyridine rings is 1. The maximum absolute atomic E-state index is 5.43. The molecule has 3 aromatic rings. The Labute approximate surface area is 153 Å². The second-order valence-corrected chi connectivity index (χ2v) is 6.65. The van der Waals surface area contributed by atoms with Crippen molar-refractivity contribution in [2.24, 2.45) is 0 Å². The third-order valence-electron chi connectivity index (χ3n) is 4.66. The first-order valence-electron chi connectivity index (χ1n) is 9.09. The van der Waals surface area contributed by atoms with Gasteiger partial charge in [-0.1, -0.05) is 0 Å². The van der Waals surface area contributed by atoms with Crippen LogP contribution in [-0.4, -0.2) is 27.5 Å². The van der Waals surface area contributed by atoms with Crippen LogP contribution in [0.1, 0.15) is 30.4 Å². The van der Waals surface area contributed by atoms with Gasteiger partial charge in [-0.05, 0) is 50.6 Å². The monoisotopic (exact) mass is 349 g/mol. The predicted molar refractivity (Wildman–Crippen MR) is 101 cm³/mol. The Balaban J connectivity index is 1.57. The predicted octanol–water partition coefficient (Wildman–Crippen LogP) is 3.21. The summed E-state index contributed by atoms with van der Waals surface area (Å²) in [6, 6.07) is 8.14. The van der Waals surface area contributed by atoms with Crippen LogP contribution in [0, 0.1) is 0 Å². The summed E-state index contributed by atoms with van der Waals surface area (Å²) >= 11 is 0. The van der Waals surface area contributed by atoms with Crippen molar-refractivity contribution in [2.75, 3.05) is 11.9 Å². The van der Waals surface area contributed by atoms with Crippen molar-refractivity contribution < 1.29 is 4.42 Å². The lowest BCUT2D eigenvalue weighted by molar-refractivity contribution is 0.494. The van der Waals surface area contributed by atoms with Gasteiger partial charge in [-0.25, -0.2) is 9.97 Å². The van der Waals surface area contributed by atoms with Crippen molar-refractivity contribution >= 4 is 5.82 Å². The molecule has 0 bridgehead atoms. The van der Waals surface area contributed by atoms with Crippen molar-refractivity contribution in [2.45, 2.75) is 38.8 Å². The molecule has 6 heteroatoms. The standard InChI is InChI=1S/C20H23N5O/c1-14(4-5-16-3-2-12-26-16)23-20-17-8-11-22-13-18(17)24-19(25-20)15-6-9-21-10-7-15/h2-3,6-7,9-10,12,14,22H,4-5,8,11,13H2,1H3,(H,23,24,25)/t14-/m1/s1. The Bertz CT molecular complexity index is 848. The third kappa shape index (κ3) is 3.75. The summed E-state index contributed by atoms with van der Waals surface area (Å²) in [4.78, 5) is 13.7. The minimum absolute atomic E-state index is 0.291. The molecule has 0 fully saturated rings. The van der Waals surface area contributed by atoms with E-state index >= 15 is 0 Å². The van der Waals surface area contributed by atoms with Gasteiger partial charge in [0.25, 0.3) is 0 Å². The number of anilines is 1. The lowest BCUT2D eigenvalue weighted by Crippen LogP contribution is -2.28. The van der Waals surface area contributed by atoms with Crippen LogP contribution in [0.4, 0.5) is 5.82 Å². The van der Waals surface area contributed by atoms with Crippen LogP contribution < -0.4 is 10.6 Å². The molecule has 0 aliphatic carbocycles. The van der Waals surface area contributed by atoms with Crippen LogP contribution >= 0.6 is 0 Å². The number of hydrogen-bond donors (Lipinski definition) is 2. The van der Waals surface area contributed by atoms with E-state index in [1.165, 1.54) is 5.56 Å². The SMILES string of the molecule is C[C@H](CCc1ccco1)Nc1nc(-c2ccncc2)nc2c1CCNC2. The number of nitrogens with one attached hydrogen (secondary N) is 2. The van der Waals surface area contributed by atoms with Gasteiger partial charge in [0.05, 0.1) is 12.0 Å². The number of hydrogen-bond acceptors (Lipinski definition) is 6. The molecule has 134 valence electrons. The topological polar surface area (TPSA) is 75.9 Å². The van der Waals surface area contributed by atoms with Crippen LogP contribution in [0.3, 0.4) is 0 Å². The Morgan fingerprint density at radius 1 is 1.23 bits per heavy atom. The highest BCUT2D eigenvalue weighted by Gasteiger charge is 2.19. The van der Waals surface area contributed by atoms with E-state index in [4.69, 9.17) is 14.4 Å². The average Bonchev–Trinajstić information content (AvgIpc) is 3.21. The maximum atomic E-state index is 5.43. The first kappa shape index (κ1) is 16.7. The largest absolute Gasteiger partial charge is 0.469 e. The van der Waals surface area contributed by atoms with E-state index in [-0.39, 0.29) is 0 Å². The minimum Gasteiger partial charge on any atom is -0.469 e. The maximum Gasteiger partial charge on any atom is 0.161 e. The summed E-state index contributed by atoms with van der Waals surface area (Å²) in [5, 5.41) is 7.01. The smallest absolute Gasteiger partial charge is 0.161 e. The van der Waals surface area contributed by atoms with Gasteiger partial charge in [0, 0.05) is 42.5 Å². The fourth-order valence-electron chi connectivity index (χ4n) is 3.23. The second kappa shape index (κ2) is 7.66. The number of rotatable bonds is 6. The first-order chi connectivity index (χ1) is 12.8. The van der Waals surface area contributed by atoms with E-state index in [2.05, 4.69) is 22.5 Å². The molecule has 2 N–H and O–H groups in total. The molecule has 4 heterocycles. The molecular weight excluding hydrogens is 326 g/mol. The van der Waals surface area contributed by atoms with E-state index in [0.29, 0.717) is 6.04 Å². The van der Waals surface area contributed by atoms with Gasteiger partial charge in [-0.3, -0.25) is 4.98 Å². The van der Waals surface area contributed by atoms with E-state index < -0.39 is 0 Å². The summed E-state index contributed by atoms with van der Waals surface area (Å²) < 4.78 is 5.43. The lowest BCUT2D eigenvalue weighted by Gasteiger charge is -2.23. The van der Waals surface area contributed by atoms with Gasteiger partial charge in [0.15, 0.2) is 5.82 Å². The highest BCUT2D eigenvalue weighted by molar-refractivity contribution is 5.60. The zero-order valence-corrected chi connectivity index (χ0v) is 14.9. The van der Waals surface area contributed by atoms with E-state index in [1.54, 1.807) is 18.7 Å². The highest BCUT2D eigenvalue weighted by Crippen LogP contribution is 2.25. The quantitative estimate of drug-likeness (QED) is 0.712. The third-order valence-corrected chi connectivity index (χ3v) is 4.66. The van der Waals surface area contributed by atoms with Crippen molar-refractivity contribution in [1.29, 1.82) is 0 Å². The van der Waals surface area contributed by atoms with Gasteiger partial charge in [0.2, 0.25) is 0 Å². The zero-order chi connectivity index (χ0) is 17.8. The first-order valence-corrected chi connectivity index (χ1v) is 9.09. The molecule has 0 saturated heterocycles. The van der Waals surface area contributed by atoms with Gasteiger partial charge < -0.3 is 15.1 Å². The lowest BCUT2D eigenvalue weighted by atomic mass is 10.1. The second-order valence-electron chi connectivity index (χ2n) is 6.65. The molecule has 3 aromatic heterocycles. The molecular formula is C20H23N5O. The molecule has 0 amide bonds. The summed E-state index contributed by atoms with van der Waals surface area (Å²) in [6.45, 7) is 3.93.